The van der Waals surface area contributed by atoms with Gasteiger partial charge in [0.2, 0.25) is 0 Å². The van der Waals surface area contributed by atoms with E-state index in [4.69, 9.17) is 4.74 Å². The number of rotatable bonds is 6. The standard InChI is InChI=1S/C23H23NO3/c1-2-27-22(26)14-16-24-20-17-23(15-13-21(20)25,18-9-5-3-6-10-18)19-11-7-4-8-12-19/h3-16,20,24H,2,17H2,1H3/b16-14+. The van der Waals surface area contributed by atoms with E-state index in [-0.39, 0.29) is 5.78 Å². The van der Waals surface area contributed by atoms with Crippen LogP contribution in [0.5, 0.6) is 0 Å². The maximum atomic E-state index is 12.4. The van der Waals surface area contributed by atoms with Gasteiger partial charge in [0.15, 0.2) is 5.78 Å². The highest BCUT2D eigenvalue weighted by molar-refractivity contribution is 5.96. The first kappa shape index (κ1) is 18.6. The van der Waals surface area contributed by atoms with Crippen molar-refractivity contribution in [3.05, 3.63) is 96.2 Å². The fraction of sp³-hybridized carbons (Fsp3) is 0.217. The average molecular weight is 361 g/mol. The van der Waals surface area contributed by atoms with Crippen LogP contribution in [-0.4, -0.2) is 24.4 Å². The summed E-state index contributed by atoms with van der Waals surface area (Å²) >= 11 is 0. The summed E-state index contributed by atoms with van der Waals surface area (Å²) in [5.41, 5.74) is 1.84. The molecule has 0 saturated carbocycles. The van der Waals surface area contributed by atoms with Crippen molar-refractivity contribution in [2.75, 3.05) is 6.61 Å². The summed E-state index contributed by atoms with van der Waals surface area (Å²) in [4.78, 5) is 23.9. The summed E-state index contributed by atoms with van der Waals surface area (Å²) in [7, 11) is 0. The second-order valence-corrected chi connectivity index (χ2v) is 6.45. The molecule has 0 fully saturated rings. The van der Waals surface area contributed by atoms with Crippen molar-refractivity contribution < 1.29 is 14.3 Å². The monoisotopic (exact) mass is 361 g/mol. The van der Waals surface area contributed by atoms with Gasteiger partial charge >= 0.3 is 5.97 Å². The first-order valence-electron chi connectivity index (χ1n) is 9.09. The SMILES string of the molecule is CCOC(=O)/C=C/NC1CC(c2ccccc2)(c2ccccc2)C=CC1=O. The maximum absolute atomic E-state index is 12.4. The molecule has 0 heterocycles. The summed E-state index contributed by atoms with van der Waals surface area (Å²) in [5, 5.41) is 3.07. The summed E-state index contributed by atoms with van der Waals surface area (Å²) in [5.74, 6) is -0.438. The van der Waals surface area contributed by atoms with Crippen LogP contribution in [0.25, 0.3) is 0 Å². The molecule has 1 aliphatic rings. The molecule has 138 valence electrons. The number of allylic oxidation sites excluding steroid dienone is 1. The molecule has 0 saturated heterocycles. The van der Waals surface area contributed by atoms with Crippen molar-refractivity contribution in [2.45, 2.75) is 24.8 Å². The van der Waals surface area contributed by atoms with Crippen LogP contribution >= 0.6 is 0 Å². The van der Waals surface area contributed by atoms with E-state index in [9.17, 15) is 9.59 Å². The first-order chi connectivity index (χ1) is 13.2. The third-order valence-electron chi connectivity index (χ3n) is 4.78. The average Bonchev–Trinajstić information content (AvgIpc) is 2.71. The second kappa shape index (κ2) is 8.49. The number of carbonyl (C=O) groups is 2. The number of nitrogens with one attached hydrogen (secondary N) is 1. The van der Waals surface area contributed by atoms with E-state index in [1.54, 1.807) is 13.0 Å². The van der Waals surface area contributed by atoms with Gasteiger partial charge in [-0.05, 0) is 30.5 Å². The van der Waals surface area contributed by atoms with Crippen LogP contribution in [-0.2, 0) is 19.7 Å². The van der Waals surface area contributed by atoms with E-state index in [1.165, 1.54) is 12.3 Å². The van der Waals surface area contributed by atoms with E-state index in [0.29, 0.717) is 13.0 Å². The van der Waals surface area contributed by atoms with Crippen LogP contribution in [0, 0.1) is 0 Å². The lowest BCUT2D eigenvalue weighted by Crippen LogP contribution is -2.43. The zero-order chi connectivity index (χ0) is 19.1. The van der Waals surface area contributed by atoms with E-state index in [1.807, 2.05) is 42.5 Å². The predicted molar refractivity (Wildman–Crippen MR) is 105 cm³/mol. The Morgan fingerprint density at radius 1 is 1.11 bits per heavy atom. The zero-order valence-corrected chi connectivity index (χ0v) is 15.3. The molecule has 4 heteroatoms. The van der Waals surface area contributed by atoms with Crippen LogP contribution in [0.2, 0.25) is 0 Å². The molecule has 0 spiro atoms. The molecule has 0 aromatic heterocycles. The van der Waals surface area contributed by atoms with Crippen molar-refractivity contribution >= 4 is 11.8 Å². The largest absolute Gasteiger partial charge is 0.463 e. The molecular formula is C23H23NO3. The van der Waals surface area contributed by atoms with Crippen LogP contribution in [0.1, 0.15) is 24.5 Å². The van der Waals surface area contributed by atoms with Gasteiger partial charge in [0, 0.05) is 17.7 Å². The molecule has 27 heavy (non-hydrogen) atoms. The Balaban J connectivity index is 1.92. The number of hydrogen-bond acceptors (Lipinski definition) is 4. The number of benzene rings is 2. The minimum absolute atomic E-state index is 0.00834. The molecule has 0 aliphatic heterocycles. The van der Waals surface area contributed by atoms with Crippen LogP contribution in [0.4, 0.5) is 0 Å². The van der Waals surface area contributed by atoms with E-state index in [0.717, 1.165) is 11.1 Å². The highest BCUT2D eigenvalue weighted by Crippen LogP contribution is 2.40. The number of ketones is 1. The fourth-order valence-electron chi connectivity index (χ4n) is 3.46. The van der Waals surface area contributed by atoms with Gasteiger partial charge in [0.05, 0.1) is 12.6 Å². The minimum atomic E-state index is -0.430. The third kappa shape index (κ3) is 4.17. The van der Waals surface area contributed by atoms with Crippen molar-refractivity contribution in [3.63, 3.8) is 0 Å². The normalized spacial score (nSPS) is 18.4. The van der Waals surface area contributed by atoms with Gasteiger partial charge in [0.25, 0.3) is 0 Å². The fourth-order valence-corrected chi connectivity index (χ4v) is 3.46. The molecule has 0 radical (unpaired) electrons. The number of esters is 1. The summed E-state index contributed by atoms with van der Waals surface area (Å²) in [6.07, 6.45) is 7.00. The molecule has 4 nitrogen and oxygen atoms in total. The maximum Gasteiger partial charge on any atom is 0.332 e. The van der Waals surface area contributed by atoms with Crippen molar-refractivity contribution in [2.24, 2.45) is 0 Å². The molecule has 0 amide bonds. The Kier molecular flexibility index (Phi) is 5.87. The highest BCUT2D eigenvalue weighted by atomic mass is 16.5. The van der Waals surface area contributed by atoms with E-state index < -0.39 is 17.4 Å². The Hall–Kier alpha value is -3.14. The molecule has 2 aromatic carbocycles. The first-order valence-corrected chi connectivity index (χ1v) is 9.09. The smallest absolute Gasteiger partial charge is 0.332 e. The van der Waals surface area contributed by atoms with E-state index in [2.05, 4.69) is 29.6 Å². The quantitative estimate of drug-likeness (QED) is 0.632. The van der Waals surface area contributed by atoms with Crippen LogP contribution in [0.3, 0.4) is 0 Å². The van der Waals surface area contributed by atoms with Crippen molar-refractivity contribution in [1.29, 1.82) is 0 Å². The van der Waals surface area contributed by atoms with Crippen molar-refractivity contribution in [1.82, 2.24) is 5.32 Å². The molecule has 1 aliphatic carbocycles. The molecular weight excluding hydrogens is 338 g/mol. The Morgan fingerprint density at radius 2 is 1.70 bits per heavy atom. The van der Waals surface area contributed by atoms with Crippen LogP contribution < -0.4 is 5.32 Å². The Labute approximate surface area is 159 Å². The van der Waals surface area contributed by atoms with Crippen molar-refractivity contribution in [3.8, 4) is 0 Å². The van der Waals surface area contributed by atoms with Gasteiger partial charge in [-0.3, -0.25) is 4.79 Å². The van der Waals surface area contributed by atoms with Gasteiger partial charge in [-0.15, -0.1) is 0 Å². The third-order valence-corrected chi connectivity index (χ3v) is 4.78. The number of carbonyl (C=O) groups excluding carboxylic acids is 2. The Morgan fingerprint density at radius 3 is 2.26 bits per heavy atom. The van der Waals surface area contributed by atoms with Gasteiger partial charge in [-0.1, -0.05) is 66.7 Å². The number of hydrogen-bond donors (Lipinski definition) is 1. The lowest BCUT2D eigenvalue weighted by atomic mass is 9.67. The Bertz CT molecular complexity index is 801. The summed E-state index contributed by atoms with van der Waals surface area (Å²) in [6.45, 7) is 2.07. The molecule has 0 bridgehead atoms. The lowest BCUT2D eigenvalue weighted by molar-refractivity contribution is -0.137. The van der Waals surface area contributed by atoms with E-state index >= 15 is 0 Å². The highest BCUT2D eigenvalue weighted by Gasteiger charge is 2.39. The zero-order valence-electron chi connectivity index (χ0n) is 15.3. The number of ether oxygens (including phenoxy) is 1. The molecule has 1 atom stereocenters. The molecule has 1 unspecified atom stereocenters. The lowest BCUT2D eigenvalue weighted by Gasteiger charge is -2.37. The van der Waals surface area contributed by atoms with Gasteiger partial charge in [0.1, 0.15) is 0 Å². The van der Waals surface area contributed by atoms with Crippen LogP contribution in [0.15, 0.2) is 85.1 Å². The topological polar surface area (TPSA) is 55.4 Å². The summed E-state index contributed by atoms with van der Waals surface area (Å²) < 4.78 is 4.87. The van der Waals surface area contributed by atoms with Gasteiger partial charge < -0.3 is 10.1 Å². The summed E-state index contributed by atoms with van der Waals surface area (Å²) in [6, 6.07) is 19.9. The molecule has 1 N–H and O–H groups in total. The van der Waals surface area contributed by atoms with Gasteiger partial charge in [-0.25, -0.2) is 4.79 Å². The molecule has 3 rings (SSSR count). The molecule has 2 aromatic rings. The second-order valence-electron chi connectivity index (χ2n) is 6.45. The van der Waals surface area contributed by atoms with Gasteiger partial charge in [-0.2, -0.15) is 0 Å². The predicted octanol–water partition coefficient (Wildman–Crippen LogP) is 3.54. The minimum Gasteiger partial charge on any atom is -0.463 e.